The van der Waals surface area contributed by atoms with E-state index in [4.69, 9.17) is 0 Å². The van der Waals surface area contributed by atoms with Gasteiger partial charge >= 0.3 is 5.69 Å². The van der Waals surface area contributed by atoms with Gasteiger partial charge in [0.2, 0.25) is 5.82 Å². The normalized spacial score (nSPS) is 14.1. The van der Waals surface area contributed by atoms with Crippen molar-refractivity contribution in [3.05, 3.63) is 16.3 Å². The van der Waals surface area contributed by atoms with E-state index in [-0.39, 0.29) is 10.6 Å². The van der Waals surface area contributed by atoms with Crippen LogP contribution >= 0.6 is 0 Å². The van der Waals surface area contributed by atoms with Crippen LogP contribution in [0.25, 0.3) is 0 Å². The summed E-state index contributed by atoms with van der Waals surface area (Å²) in [5, 5.41) is 15.1. The van der Waals surface area contributed by atoms with Crippen molar-refractivity contribution in [2.45, 2.75) is 52.5 Å². The second-order valence-electron chi connectivity index (χ2n) is 5.55. The van der Waals surface area contributed by atoms with Crippen LogP contribution in [0.1, 0.15) is 46.0 Å². The quantitative estimate of drug-likeness (QED) is 0.542. The minimum Gasteiger partial charge on any atom is -0.349 e. The Kier molecular flexibility index (Phi) is 4.98. The molecule has 1 aromatic rings. The Morgan fingerprint density at radius 2 is 2.00 bits per heavy atom. The van der Waals surface area contributed by atoms with Crippen molar-refractivity contribution >= 4 is 11.5 Å². The van der Waals surface area contributed by atoms with E-state index in [2.05, 4.69) is 23.8 Å². The van der Waals surface area contributed by atoms with E-state index < -0.39 is 0 Å². The van der Waals surface area contributed by atoms with E-state index in [1.54, 1.807) is 4.68 Å². The van der Waals surface area contributed by atoms with E-state index in [1.165, 1.54) is 31.9 Å². The molecule has 1 aromatic heterocycles. The van der Waals surface area contributed by atoms with Crippen molar-refractivity contribution in [2.75, 3.05) is 18.0 Å². The SMILES string of the molecule is CCCC(CCC)CCN1CCn2ncc([N+](=O)[O-])c21. The summed E-state index contributed by atoms with van der Waals surface area (Å²) in [6.07, 6.45) is 7.42. The molecule has 1 aliphatic rings. The molecule has 2 heterocycles. The van der Waals surface area contributed by atoms with Gasteiger partial charge in [0.1, 0.15) is 6.20 Å². The molecule has 6 heteroatoms. The molecule has 0 fully saturated rings. The third-order valence-electron chi connectivity index (χ3n) is 4.07. The molecule has 112 valence electrons. The summed E-state index contributed by atoms with van der Waals surface area (Å²) >= 11 is 0. The Bertz CT molecular complexity index is 452. The second-order valence-corrected chi connectivity index (χ2v) is 5.55. The third kappa shape index (κ3) is 3.11. The number of hydrogen-bond acceptors (Lipinski definition) is 4. The average Bonchev–Trinajstić information content (AvgIpc) is 2.98. The van der Waals surface area contributed by atoms with Crippen molar-refractivity contribution in [3.63, 3.8) is 0 Å². The molecule has 0 bridgehead atoms. The Morgan fingerprint density at radius 3 is 2.60 bits per heavy atom. The van der Waals surface area contributed by atoms with Gasteiger partial charge in [-0.15, -0.1) is 0 Å². The third-order valence-corrected chi connectivity index (χ3v) is 4.07. The standard InChI is InChI=1S/C14H24N4O2/c1-3-5-12(6-4-2)7-8-16-9-10-17-14(16)13(11-15-17)18(19)20/h11-12H,3-10H2,1-2H3. The van der Waals surface area contributed by atoms with Crippen LogP contribution in [0.15, 0.2) is 6.20 Å². The van der Waals surface area contributed by atoms with E-state index in [1.807, 2.05) is 0 Å². The van der Waals surface area contributed by atoms with Crippen molar-refractivity contribution < 1.29 is 4.92 Å². The summed E-state index contributed by atoms with van der Waals surface area (Å²) in [7, 11) is 0. The summed E-state index contributed by atoms with van der Waals surface area (Å²) in [5.41, 5.74) is 0.144. The van der Waals surface area contributed by atoms with Gasteiger partial charge in [0.15, 0.2) is 0 Å². The summed E-state index contributed by atoms with van der Waals surface area (Å²) in [6.45, 7) is 6.94. The lowest BCUT2D eigenvalue weighted by molar-refractivity contribution is -0.384. The predicted molar refractivity (Wildman–Crippen MR) is 79.0 cm³/mol. The fourth-order valence-corrected chi connectivity index (χ4v) is 3.11. The highest BCUT2D eigenvalue weighted by Crippen LogP contribution is 2.32. The van der Waals surface area contributed by atoms with Gasteiger partial charge in [0.05, 0.1) is 11.5 Å². The Hall–Kier alpha value is -1.59. The van der Waals surface area contributed by atoms with E-state index in [9.17, 15) is 10.1 Å². The lowest BCUT2D eigenvalue weighted by Gasteiger charge is -2.21. The number of hydrogen-bond donors (Lipinski definition) is 0. The van der Waals surface area contributed by atoms with Crippen LogP contribution in [0.2, 0.25) is 0 Å². The molecule has 2 rings (SSSR count). The molecule has 0 amide bonds. The molecule has 20 heavy (non-hydrogen) atoms. The number of aromatic nitrogens is 2. The first kappa shape index (κ1) is 14.8. The zero-order valence-electron chi connectivity index (χ0n) is 12.4. The van der Waals surface area contributed by atoms with Crippen molar-refractivity contribution in [3.8, 4) is 0 Å². The lowest BCUT2D eigenvalue weighted by Crippen LogP contribution is -2.24. The first-order valence-electron chi connectivity index (χ1n) is 7.62. The maximum atomic E-state index is 11.0. The molecule has 0 N–H and O–H groups in total. The van der Waals surface area contributed by atoms with Gasteiger partial charge in [0, 0.05) is 13.1 Å². The van der Waals surface area contributed by atoms with E-state index in [0.29, 0.717) is 5.82 Å². The van der Waals surface area contributed by atoms with Gasteiger partial charge in [-0.25, -0.2) is 4.68 Å². The zero-order valence-corrected chi connectivity index (χ0v) is 12.4. The number of nitro groups is 1. The van der Waals surface area contributed by atoms with Gasteiger partial charge in [-0.3, -0.25) is 10.1 Å². The lowest BCUT2D eigenvalue weighted by atomic mass is 9.94. The monoisotopic (exact) mass is 280 g/mol. The fourth-order valence-electron chi connectivity index (χ4n) is 3.11. The van der Waals surface area contributed by atoms with Gasteiger partial charge in [-0.2, -0.15) is 5.10 Å². The number of fused-ring (bicyclic) bond motifs is 1. The molecule has 0 saturated heterocycles. The van der Waals surface area contributed by atoms with Crippen LogP contribution in [-0.2, 0) is 6.54 Å². The van der Waals surface area contributed by atoms with Crippen LogP contribution in [0.4, 0.5) is 11.5 Å². The van der Waals surface area contributed by atoms with E-state index in [0.717, 1.165) is 32.0 Å². The molecular formula is C14H24N4O2. The molecule has 0 spiro atoms. The summed E-state index contributed by atoms with van der Waals surface area (Å²) in [6, 6.07) is 0. The molecule has 0 unspecified atom stereocenters. The van der Waals surface area contributed by atoms with Gasteiger partial charge < -0.3 is 4.90 Å². The van der Waals surface area contributed by atoms with Crippen LogP contribution in [0.3, 0.4) is 0 Å². The second kappa shape index (κ2) is 6.72. The van der Waals surface area contributed by atoms with Crippen molar-refractivity contribution in [1.82, 2.24) is 9.78 Å². The predicted octanol–water partition coefficient (Wildman–Crippen LogP) is 3.22. The number of nitrogens with zero attached hydrogens (tertiary/aromatic N) is 4. The maximum Gasteiger partial charge on any atom is 0.331 e. The Morgan fingerprint density at radius 1 is 1.30 bits per heavy atom. The molecule has 1 aliphatic heterocycles. The summed E-state index contributed by atoms with van der Waals surface area (Å²) in [5.74, 6) is 1.43. The highest BCUT2D eigenvalue weighted by atomic mass is 16.6. The molecular weight excluding hydrogens is 256 g/mol. The molecule has 0 aliphatic carbocycles. The minimum atomic E-state index is -0.327. The minimum absolute atomic E-state index is 0.144. The molecule has 6 nitrogen and oxygen atoms in total. The summed E-state index contributed by atoms with van der Waals surface area (Å²) < 4.78 is 1.76. The van der Waals surface area contributed by atoms with Crippen LogP contribution in [0.5, 0.6) is 0 Å². The Labute approximate surface area is 119 Å². The Balaban J connectivity index is 1.99. The van der Waals surface area contributed by atoms with Crippen molar-refractivity contribution in [1.29, 1.82) is 0 Å². The highest BCUT2D eigenvalue weighted by molar-refractivity contribution is 5.59. The molecule has 0 radical (unpaired) electrons. The molecule has 0 saturated carbocycles. The van der Waals surface area contributed by atoms with Crippen LogP contribution in [-0.4, -0.2) is 27.8 Å². The van der Waals surface area contributed by atoms with Gasteiger partial charge in [-0.05, 0) is 12.3 Å². The zero-order chi connectivity index (χ0) is 14.5. The average molecular weight is 280 g/mol. The maximum absolute atomic E-state index is 11.0. The van der Waals surface area contributed by atoms with Crippen LogP contribution in [0, 0.1) is 16.0 Å². The smallest absolute Gasteiger partial charge is 0.331 e. The fraction of sp³-hybridized carbons (Fsp3) is 0.786. The van der Waals surface area contributed by atoms with Crippen LogP contribution < -0.4 is 4.90 Å². The topological polar surface area (TPSA) is 64.2 Å². The molecule has 0 atom stereocenters. The number of rotatable bonds is 8. The van der Waals surface area contributed by atoms with Crippen molar-refractivity contribution in [2.24, 2.45) is 5.92 Å². The largest absolute Gasteiger partial charge is 0.349 e. The first-order valence-corrected chi connectivity index (χ1v) is 7.62. The number of anilines is 1. The van der Waals surface area contributed by atoms with E-state index >= 15 is 0 Å². The molecule has 0 aromatic carbocycles. The first-order chi connectivity index (χ1) is 9.67. The van der Waals surface area contributed by atoms with Gasteiger partial charge in [-0.1, -0.05) is 39.5 Å². The summed E-state index contributed by atoms with van der Waals surface area (Å²) in [4.78, 5) is 12.8. The highest BCUT2D eigenvalue weighted by Gasteiger charge is 2.30. The van der Waals surface area contributed by atoms with Gasteiger partial charge in [0.25, 0.3) is 0 Å².